The van der Waals surface area contributed by atoms with Gasteiger partial charge in [0.15, 0.2) is 0 Å². The molecule has 0 radical (unpaired) electrons. The number of para-hydroxylation sites is 2. The average molecular weight is 279 g/mol. The zero-order valence-electron chi connectivity index (χ0n) is 9.11. The van der Waals surface area contributed by atoms with E-state index in [9.17, 15) is 5.11 Å². The second kappa shape index (κ2) is 4.19. The molecule has 3 rings (SSSR count). The summed E-state index contributed by atoms with van der Waals surface area (Å²) >= 11 is 12.0. The van der Waals surface area contributed by atoms with Crippen molar-refractivity contribution in [3.63, 3.8) is 0 Å². The lowest BCUT2D eigenvalue weighted by atomic mass is 10.2. The van der Waals surface area contributed by atoms with Crippen LogP contribution in [0.2, 0.25) is 10.0 Å². The van der Waals surface area contributed by atoms with Gasteiger partial charge in [-0.15, -0.1) is 0 Å². The predicted octanol–water partition coefficient (Wildman–Crippen LogP) is 4.24. The van der Waals surface area contributed by atoms with Gasteiger partial charge in [0.2, 0.25) is 0 Å². The van der Waals surface area contributed by atoms with Crippen LogP contribution in [0.4, 0.5) is 0 Å². The molecule has 0 unspecified atom stereocenters. The number of aromatic nitrogens is 2. The summed E-state index contributed by atoms with van der Waals surface area (Å²) in [5, 5.41) is 9.89. The summed E-state index contributed by atoms with van der Waals surface area (Å²) in [6.45, 7) is 0. The van der Waals surface area contributed by atoms with E-state index < -0.39 is 0 Å². The van der Waals surface area contributed by atoms with Crippen LogP contribution in [0.15, 0.2) is 36.4 Å². The summed E-state index contributed by atoms with van der Waals surface area (Å²) in [6.07, 6.45) is 0. The standard InChI is InChI=1S/C13H8Cl2N2O/c14-11-7(5-6-10(18)12(11)15)13-16-8-3-1-2-4-9(8)17-13/h1-6,18H,(H,16,17). The molecule has 0 aliphatic heterocycles. The molecule has 5 heteroatoms. The molecule has 90 valence electrons. The molecule has 18 heavy (non-hydrogen) atoms. The number of H-pyrrole nitrogens is 1. The van der Waals surface area contributed by atoms with Crippen LogP contribution in [0, 0.1) is 0 Å². The van der Waals surface area contributed by atoms with Crippen LogP contribution < -0.4 is 0 Å². The summed E-state index contributed by atoms with van der Waals surface area (Å²) < 4.78 is 0. The highest BCUT2D eigenvalue weighted by Gasteiger charge is 2.13. The molecule has 0 aliphatic rings. The quantitative estimate of drug-likeness (QED) is 0.699. The number of aromatic amines is 1. The number of halogens is 2. The number of fused-ring (bicyclic) bond motifs is 1. The third-order valence-electron chi connectivity index (χ3n) is 2.71. The van der Waals surface area contributed by atoms with Gasteiger partial charge in [-0.2, -0.15) is 0 Å². The van der Waals surface area contributed by atoms with Crippen LogP contribution in [-0.2, 0) is 0 Å². The Bertz CT molecular complexity index is 704. The van der Waals surface area contributed by atoms with Gasteiger partial charge in [-0.3, -0.25) is 0 Å². The lowest BCUT2D eigenvalue weighted by Crippen LogP contribution is -1.83. The summed E-state index contributed by atoms with van der Waals surface area (Å²) in [6, 6.07) is 10.9. The molecule has 0 amide bonds. The maximum atomic E-state index is 9.46. The van der Waals surface area contributed by atoms with Crippen LogP contribution in [0.5, 0.6) is 5.75 Å². The Labute approximate surface area is 113 Å². The number of hydrogen-bond acceptors (Lipinski definition) is 2. The van der Waals surface area contributed by atoms with Crippen LogP contribution in [0.1, 0.15) is 0 Å². The van der Waals surface area contributed by atoms with E-state index in [0.29, 0.717) is 11.4 Å². The van der Waals surface area contributed by atoms with Crippen LogP contribution >= 0.6 is 23.2 Å². The molecule has 3 aromatic rings. The first kappa shape index (κ1) is 11.4. The van der Waals surface area contributed by atoms with Gasteiger partial charge in [-0.1, -0.05) is 35.3 Å². The predicted molar refractivity (Wildman–Crippen MR) is 73.2 cm³/mol. The third-order valence-corrected chi connectivity index (χ3v) is 3.58. The molecule has 3 nitrogen and oxygen atoms in total. The van der Waals surface area contributed by atoms with Crippen molar-refractivity contribution in [3.05, 3.63) is 46.4 Å². The second-order valence-electron chi connectivity index (χ2n) is 3.86. The highest BCUT2D eigenvalue weighted by Crippen LogP contribution is 2.38. The van der Waals surface area contributed by atoms with Gasteiger partial charge in [-0.25, -0.2) is 4.98 Å². The molecule has 0 fully saturated rings. The van der Waals surface area contributed by atoms with Crippen molar-refractivity contribution in [2.45, 2.75) is 0 Å². The van der Waals surface area contributed by atoms with Crippen molar-refractivity contribution >= 4 is 34.2 Å². The first-order chi connectivity index (χ1) is 8.66. The van der Waals surface area contributed by atoms with Crippen molar-refractivity contribution in [2.24, 2.45) is 0 Å². The number of phenolic OH excluding ortho intramolecular Hbond substituents is 1. The van der Waals surface area contributed by atoms with Crippen molar-refractivity contribution in [3.8, 4) is 17.1 Å². The molecular weight excluding hydrogens is 271 g/mol. The molecule has 0 aliphatic carbocycles. The van der Waals surface area contributed by atoms with Gasteiger partial charge in [0.25, 0.3) is 0 Å². The summed E-state index contributed by atoms with van der Waals surface area (Å²) in [7, 11) is 0. The normalized spacial score (nSPS) is 11.0. The van der Waals surface area contributed by atoms with Crippen molar-refractivity contribution in [1.82, 2.24) is 9.97 Å². The minimum atomic E-state index is -0.0403. The van der Waals surface area contributed by atoms with Crippen molar-refractivity contribution in [1.29, 1.82) is 0 Å². The van der Waals surface area contributed by atoms with E-state index in [1.54, 1.807) is 6.07 Å². The molecule has 0 saturated heterocycles. The Morgan fingerprint density at radius 1 is 1.00 bits per heavy atom. The number of imidazole rings is 1. The van der Waals surface area contributed by atoms with E-state index in [1.807, 2.05) is 24.3 Å². The Morgan fingerprint density at radius 3 is 2.56 bits per heavy atom. The number of nitrogens with zero attached hydrogens (tertiary/aromatic N) is 1. The van der Waals surface area contributed by atoms with E-state index in [2.05, 4.69) is 9.97 Å². The minimum Gasteiger partial charge on any atom is -0.506 e. The number of nitrogens with one attached hydrogen (secondary N) is 1. The number of aromatic hydroxyl groups is 1. The van der Waals surface area contributed by atoms with E-state index in [-0.39, 0.29) is 15.8 Å². The number of hydrogen-bond donors (Lipinski definition) is 2. The van der Waals surface area contributed by atoms with Crippen LogP contribution in [0.25, 0.3) is 22.4 Å². The van der Waals surface area contributed by atoms with Gasteiger partial charge < -0.3 is 10.1 Å². The lowest BCUT2D eigenvalue weighted by molar-refractivity contribution is 0.475. The van der Waals surface area contributed by atoms with Gasteiger partial charge in [-0.05, 0) is 24.3 Å². The summed E-state index contributed by atoms with van der Waals surface area (Å²) in [4.78, 5) is 7.60. The summed E-state index contributed by atoms with van der Waals surface area (Å²) in [5.74, 6) is 0.588. The number of benzene rings is 2. The largest absolute Gasteiger partial charge is 0.506 e. The zero-order chi connectivity index (χ0) is 12.7. The van der Waals surface area contributed by atoms with E-state index in [1.165, 1.54) is 6.07 Å². The Hall–Kier alpha value is -1.71. The molecule has 0 spiro atoms. The van der Waals surface area contributed by atoms with Gasteiger partial charge in [0.1, 0.15) is 16.6 Å². The van der Waals surface area contributed by atoms with E-state index in [4.69, 9.17) is 23.2 Å². The molecule has 1 heterocycles. The fraction of sp³-hybridized carbons (Fsp3) is 0. The first-order valence-corrected chi connectivity index (χ1v) is 6.04. The van der Waals surface area contributed by atoms with Crippen molar-refractivity contribution in [2.75, 3.05) is 0 Å². The van der Waals surface area contributed by atoms with Crippen LogP contribution in [0.3, 0.4) is 0 Å². The highest BCUT2D eigenvalue weighted by molar-refractivity contribution is 6.44. The third kappa shape index (κ3) is 1.72. The monoisotopic (exact) mass is 278 g/mol. The Kier molecular flexibility index (Phi) is 2.65. The number of rotatable bonds is 1. The van der Waals surface area contributed by atoms with Gasteiger partial charge in [0.05, 0.1) is 16.1 Å². The highest BCUT2D eigenvalue weighted by atomic mass is 35.5. The van der Waals surface area contributed by atoms with Crippen molar-refractivity contribution < 1.29 is 5.11 Å². The Morgan fingerprint density at radius 2 is 1.78 bits per heavy atom. The maximum Gasteiger partial charge on any atom is 0.140 e. The molecule has 1 aromatic heterocycles. The minimum absolute atomic E-state index is 0.0403. The fourth-order valence-electron chi connectivity index (χ4n) is 1.80. The molecular formula is C13H8Cl2N2O. The molecule has 2 N–H and O–H groups in total. The Balaban J connectivity index is 2.23. The zero-order valence-corrected chi connectivity index (χ0v) is 10.6. The fourth-order valence-corrected chi connectivity index (χ4v) is 2.22. The van der Waals surface area contributed by atoms with Gasteiger partial charge >= 0.3 is 0 Å². The van der Waals surface area contributed by atoms with Gasteiger partial charge in [0, 0.05) is 5.56 Å². The summed E-state index contributed by atoms with van der Waals surface area (Å²) in [5.41, 5.74) is 2.44. The van der Waals surface area contributed by atoms with E-state index in [0.717, 1.165) is 11.0 Å². The van der Waals surface area contributed by atoms with Crippen LogP contribution in [-0.4, -0.2) is 15.1 Å². The topological polar surface area (TPSA) is 48.9 Å². The maximum absolute atomic E-state index is 9.46. The SMILES string of the molecule is Oc1ccc(-c2nc3ccccc3[nH]2)c(Cl)c1Cl. The second-order valence-corrected chi connectivity index (χ2v) is 4.62. The molecule has 0 saturated carbocycles. The lowest BCUT2D eigenvalue weighted by Gasteiger charge is -2.04. The smallest absolute Gasteiger partial charge is 0.140 e. The average Bonchev–Trinajstić information content (AvgIpc) is 2.79. The molecule has 2 aromatic carbocycles. The molecule has 0 atom stereocenters. The first-order valence-electron chi connectivity index (χ1n) is 5.29. The number of phenols is 1. The van der Waals surface area contributed by atoms with E-state index >= 15 is 0 Å². The molecule has 0 bridgehead atoms.